The van der Waals surface area contributed by atoms with E-state index in [0.29, 0.717) is 5.56 Å². The fourth-order valence-corrected chi connectivity index (χ4v) is 2.91. The third-order valence-corrected chi connectivity index (χ3v) is 4.89. The normalized spacial score (nSPS) is 14.1. The molecule has 2 atom stereocenters. The highest BCUT2D eigenvalue weighted by Crippen LogP contribution is 2.32. The maximum atomic E-state index is 12.2. The third kappa shape index (κ3) is 10.2. The molecule has 0 radical (unpaired) electrons. The second kappa shape index (κ2) is 12.7. The van der Waals surface area contributed by atoms with Crippen LogP contribution >= 0.6 is 0 Å². The fourth-order valence-electron chi connectivity index (χ4n) is 2.91. The van der Waals surface area contributed by atoms with Crippen LogP contribution in [0.25, 0.3) is 0 Å². The van der Waals surface area contributed by atoms with E-state index in [-0.39, 0.29) is 36.4 Å². The largest absolute Gasteiger partial charge is 0.508 e. The van der Waals surface area contributed by atoms with Crippen molar-refractivity contribution in [2.45, 2.75) is 79.9 Å². The Morgan fingerprint density at radius 3 is 1.92 bits per heavy atom. The molecule has 10 heteroatoms. The van der Waals surface area contributed by atoms with Crippen LogP contribution in [0, 0.1) is 17.3 Å². The van der Waals surface area contributed by atoms with Crippen LogP contribution < -0.4 is 15.2 Å². The van der Waals surface area contributed by atoms with Crippen LogP contribution in [0.5, 0.6) is 11.5 Å². The number of nitrogens with two attached hydrogens (primary N) is 1. The van der Waals surface area contributed by atoms with E-state index < -0.39 is 47.5 Å². The van der Waals surface area contributed by atoms with Crippen molar-refractivity contribution in [1.82, 2.24) is 0 Å². The summed E-state index contributed by atoms with van der Waals surface area (Å²) in [5, 5.41) is 9.86. The average Bonchev–Trinajstić information content (AvgIpc) is 2.72. The van der Waals surface area contributed by atoms with Crippen LogP contribution in [-0.4, -0.2) is 47.4 Å². The highest BCUT2D eigenvalue weighted by atomic mass is 16.7. The summed E-state index contributed by atoms with van der Waals surface area (Å²) in [4.78, 5) is 48.4. The first-order valence-electron chi connectivity index (χ1n) is 11.9. The second-order valence-corrected chi connectivity index (χ2v) is 10.8. The van der Waals surface area contributed by atoms with Crippen molar-refractivity contribution < 1.29 is 43.2 Å². The van der Waals surface area contributed by atoms with Crippen molar-refractivity contribution >= 4 is 24.1 Å². The zero-order valence-corrected chi connectivity index (χ0v) is 22.4. The van der Waals surface area contributed by atoms with Crippen molar-refractivity contribution in [2.75, 3.05) is 6.61 Å². The number of esters is 2. The van der Waals surface area contributed by atoms with Crippen molar-refractivity contribution in [2.24, 2.45) is 23.0 Å². The molecule has 1 unspecified atom stereocenters. The molecule has 0 aliphatic rings. The summed E-state index contributed by atoms with van der Waals surface area (Å²) in [6, 6.07) is 4.37. The van der Waals surface area contributed by atoms with Gasteiger partial charge in [-0.25, -0.2) is 4.79 Å². The Balaban J connectivity index is 3.11. The quantitative estimate of drug-likeness (QED) is 0.329. The Labute approximate surface area is 212 Å². The first kappa shape index (κ1) is 30.9. The summed E-state index contributed by atoms with van der Waals surface area (Å²) >= 11 is 0. The lowest BCUT2D eigenvalue weighted by Gasteiger charge is -2.28. The number of carboxylic acids is 1. The van der Waals surface area contributed by atoms with Gasteiger partial charge in [0, 0.05) is 12.8 Å². The van der Waals surface area contributed by atoms with Gasteiger partial charge in [-0.2, -0.15) is 0 Å². The van der Waals surface area contributed by atoms with Crippen molar-refractivity contribution in [3.05, 3.63) is 23.8 Å². The molecule has 1 aromatic rings. The van der Waals surface area contributed by atoms with Crippen LogP contribution in [0.2, 0.25) is 0 Å². The van der Waals surface area contributed by atoms with Gasteiger partial charge in [0.2, 0.25) is 0 Å². The lowest BCUT2D eigenvalue weighted by Crippen LogP contribution is -2.52. The maximum Gasteiger partial charge on any atom is 0.508 e. The molecule has 0 aliphatic carbocycles. The molecular weight excluding hydrogens is 470 g/mol. The van der Waals surface area contributed by atoms with E-state index in [1.807, 2.05) is 20.8 Å². The standard InChI is InChI=1S/C26H39NO9/c1-15(2)21(28)35-19-10-9-18(11-20(19)36-22(29)16(3)4)13-26(27,23(30)31)12-17(5)34-24(32)33-14-25(6,7)8/h9-11,15-17H,12-14,27H2,1-8H3,(H,30,31)/t17-,26?/m0/s1. The van der Waals surface area contributed by atoms with E-state index in [1.165, 1.54) is 25.1 Å². The number of aliphatic carboxylic acids is 1. The lowest BCUT2D eigenvalue weighted by molar-refractivity contribution is -0.145. The SMILES string of the molecule is CC(C)C(=O)Oc1ccc(CC(N)(C[C@H](C)OC(=O)OCC(C)(C)C)C(=O)O)cc1OC(=O)C(C)C. The van der Waals surface area contributed by atoms with Gasteiger partial charge in [-0.1, -0.05) is 54.5 Å². The zero-order valence-electron chi connectivity index (χ0n) is 22.4. The average molecular weight is 510 g/mol. The number of carbonyl (C=O) groups is 4. The van der Waals surface area contributed by atoms with Crippen molar-refractivity contribution in [3.8, 4) is 11.5 Å². The molecule has 0 bridgehead atoms. The monoisotopic (exact) mass is 509 g/mol. The predicted octanol–water partition coefficient (Wildman–Crippen LogP) is 4.11. The molecule has 0 heterocycles. The van der Waals surface area contributed by atoms with E-state index in [4.69, 9.17) is 24.7 Å². The van der Waals surface area contributed by atoms with E-state index in [0.717, 1.165) is 0 Å². The summed E-state index contributed by atoms with van der Waals surface area (Å²) in [6.07, 6.45) is -2.16. The molecule has 3 N–H and O–H groups in total. The van der Waals surface area contributed by atoms with E-state index in [9.17, 15) is 24.3 Å². The molecule has 0 saturated heterocycles. The summed E-state index contributed by atoms with van der Waals surface area (Å²) in [7, 11) is 0. The summed E-state index contributed by atoms with van der Waals surface area (Å²) < 4.78 is 21.0. The number of rotatable bonds is 11. The first-order chi connectivity index (χ1) is 16.4. The Bertz CT molecular complexity index is 949. The van der Waals surface area contributed by atoms with Crippen molar-refractivity contribution in [3.63, 3.8) is 0 Å². The molecule has 0 saturated carbocycles. The van der Waals surface area contributed by atoms with Crippen LogP contribution in [-0.2, 0) is 30.3 Å². The Morgan fingerprint density at radius 1 is 0.917 bits per heavy atom. The molecule has 1 aromatic carbocycles. The van der Waals surface area contributed by atoms with Gasteiger partial charge in [-0.3, -0.25) is 14.4 Å². The minimum Gasteiger partial charge on any atom is -0.480 e. The smallest absolute Gasteiger partial charge is 0.480 e. The molecule has 202 valence electrons. The van der Waals surface area contributed by atoms with Crippen molar-refractivity contribution in [1.29, 1.82) is 0 Å². The molecule has 0 aromatic heterocycles. The number of carbonyl (C=O) groups excluding carboxylic acids is 3. The number of hydrogen-bond acceptors (Lipinski definition) is 9. The summed E-state index contributed by atoms with van der Waals surface area (Å²) in [5.74, 6) is -3.25. The number of ether oxygens (including phenoxy) is 4. The van der Waals surface area contributed by atoms with Gasteiger partial charge in [0.1, 0.15) is 11.6 Å². The van der Waals surface area contributed by atoms with Gasteiger partial charge in [0.25, 0.3) is 0 Å². The molecule has 36 heavy (non-hydrogen) atoms. The summed E-state index contributed by atoms with van der Waals surface area (Å²) in [6.45, 7) is 13.9. The molecule has 0 amide bonds. The molecule has 1 rings (SSSR count). The highest BCUT2D eigenvalue weighted by molar-refractivity contribution is 5.80. The van der Waals surface area contributed by atoms with Gasteiger partial charge in [-0.15, -0.1) is 0 Å². The van der Waals surface area contributed by atoms with Gasteiger partial charge >= 0.3 is 24.1 Å². The van der Waals surface area contributed by atoms with Gasteiger partial charge in [-0.05, 0) is 30.0 Å². The lowest BCUT2D eigenvalue weighted by atomic mass is 9.86. The Kier molecular flexibility index (Phi) is 10.9. The van der Waals surface area contributed by atoms with Crippen LogP contribution in [0.1, 0.15) is 67.4 Å². The van der Waals surface area contributed by atoms with E-state index in [2.05, 4.69) is 0 Å². The van der Waals surface area contributed by atoms with E-state index in [1.54, 1.807) is 27.7 Å². The Hall–Kier alpha value is -3.14. The molecule has 0 fully saturated rings. The Morgan fingerprint density at radius 2 is 1.44 bits per heavy atom. The first-order valence-corrected chi connectivity index (χ1v) is 11.9. The summed E-state index contributed by atoms with van der Waals surface area (Å²) in [5.41, 5.74) is 4.56. The maximum absolute atomic E-state index is 12.2. The minimum atomic E-state index is -1.82. The number of carboxylic acid groups (broad SMARTS) is 1. The van der Waals surface area contributed by atoms with Gasteiger partial charge < -0.3 is 29.8 Å². The van der Waals surface area contributed by atoms with Gasteiger partial charge in [0.15, 0.2) is 11.5 Å². The fraction of sp³-hybridized carbons (Fsp3) is 0.615. The second-order valence-electron chi connectivity index (χ2n) is 10.8. The molecule has 0 spiro atoms. The van der Waals surface area contributed by atoms with Crippen LogP contribution in [0.15, 0.2) is 18.2 Å². The highest BCUT2D eigenvalue weighted by Gasteiger charge is 2.37. The molecular formula is C26H39NO9. The number of benzene rings is 1. The molecule has 10 nitrogen and oxygen atoms in total. The topological polar surface area (TPSA) is 151 Å². The minimum absolute atomic E-state index is 0.0250. The van der Waals surface area contributed by atoms with E-state index >= 15 is 0 Å². The zero-order chi connectivity index (χ0) is 27.8. The van der Waals surface area contributed by atoms with Crippen LogP contribution in [0.4, 0.5) is 4.79 Å². The van der Waals surface area contributed by atoms with Gasteiger partial charge in [0.05, 0.1) is 18.4 Å². The van der Waals surface area contributed by atoms with Crippen LogP contribution in [0.3, 0.4) is 0 Å². The molecule has 0 aliphatic heterocycles. The number of hydrogen-bond donors (Lipinski definition) is 2. The predicted molar refractivity (Wildman–Crippen MR) is 132 cm³/mol. The third-order valence-electron chi connectivity index (χ3n) is 4.89.